The molecular weight excluding hydrogens is 266 g/mol. The number of aromatic nitrogens is 2. The van der Waals surface area contributed by atoms with Gasteiger partial charge in [0.15, 0.2) is 0 Å². The second-order valence-corrected chi connectivity index (χ2v) is 7.46. The van der Waals surface area contributed by atoms with Crippen molar-refractivity contribution in [3.63, 3.8) is 0 Å². The van der Waals surface area contributed by atoms with Crippen molar-refractivity contribution >= 4 is 29.2 Å². The van der Waals surface area contributed by atoms with Gasteiger partial charge in [0.05, 0.1) is 0 Å². The van der Waals surface area contributed by atoms with Crippen LogP contribution in [0.25, 0.3) is 0 Å². The molecule has 0 bridgehead atoms. The first-order valence-corrected chi connectivity index (χ1v) is 7.78. The van der Waals surface area contributed by atoms with Crippen LogP contribution >= 0.6 is 23.4 Å². The summed E-state index contributed by atoms with van der Waals surface area (Å²) < 4.78 is 0. The number of thioether (sulfide) groups is 1. The maximum Gasteiger partial charge on any atom is 0.137 e. The highest BCUT2D eigenvalue weighted by Gasteiger charge is 2.20. The zero-order valence-corrected chi connectivity index (χ0v) is 12.7. The van der Waals surface area contributed by atoms with E-state index in [0.717, 1.165) is 18.2 Å². The quantitative estimate of drug-likeness (QED) is 0.859. The summed E-state index contributed by atoms with van der Waals surface area (Å²) in [6.45, 7) is 7.24. The smallest absolute Gasteiger partial charge is 0.137 e. The Morgan fingerprint density at radius 3 is 2.83 bits per heavy atom. The van der Waals surface area contributed by atoms with Crippen molar-refractivity contribution in [1.82, 2.24) is 9.97 Å². The Kier molecular flexibility index (Phi) is 4.38. The summed E-state index contributed by atoms with van der Waals surface area (Å²) in [5, 5.41) is 4.60. The van der Waals surface area contributed by atoms with Crippen LogP contribution in [-0.4, -0.2) is 27.5 Å². The molecule has 0 amide bonds. The number of anilines is 1. The Bertz CT molecular complexity index is 411. The molecule has 1 aromatic heterocycles. The molecule has 0 aromatic carbocycles. The molecule has 3 nitrogen and oxygen atoms in total. The molecule has 100 valence electrons. The predicted molar refractivity (Wildman–Crippen MR) is 79.7 cm³/mol. The molecule has 0 saturated carbocycles. The number of nitrogens with one attached hydrogen (secondary N) is 1. The van der Waals surface area contributed by atoms with Crippen molar-refractivity contribution in [3.05, 3.63) is 17.0 Å². The molecule has 0 radical (unpaired) electrons. The Balaban J connectivity index is 2.05. The average Bonchev–Trinajstić information content (AvgIpc) is 2.77. The van der Waals surface area contributed by atoms with Gasteiger partial charge in [0.1, 0.15) is 16.8 Å². The third-order valence-corrected chi connectivity index (χ3v) is 4.49. The molecular formula is C13H20ClN3S. The summed E-state index contributed by atoms with van der Waals surface area (Å²) in [4.78, 5) is 8.84. The highest BCUT2D eigenvalue weighted by Crippen LogP contribution is 2.27. The molecule has 1 unspecified atom stereocenters. The molecule has 0 aliphatic carbocycles. The molecule has 1 aliphatic heterocycles. The minimum atomic E-state index is -0.0799. The van der Waals surface area contributed by atoms with E-state index < -0.39 is 0 Å². The van der Waals surface area contributed by atoms with Gasteiger partial charge in [-0.15, -0.1) is 0 Å². The zero-order chi connectivity index (χ0) is 13.2. The van der Waals surface area contributed by atoms with Gasteiger partial charge in [-0.1, -0.05) is 32.4 Å². The van der Waals surface area contributed by atoms with Crippen LogP contribution in [0.2, 0.25) is 5.15 Å². The van der Waals surface area contributed by atoms with Gasteiger partial charge in [0, 0.05) is 23.3 Å². The molecule has 18 heavy (non-hydrogen) atoms. The van der Waals surface area contributed by atoms with Crippen LogP contribution in [-0.2, 0) is 5.41 Å². The summed E-state index contributed by atoms with van der Waals surface area (Å²) in [5.41, 5.74) is -0.0799. The summed E-state index contributed by atoms with van der Waals surface area (Å²) >= 11 is 8.09. The van der Waals surface area contributed by atoms with Gasteiger partial charge in [0.25, 0.3) is 0 Å². The summed E-state index contributed by atoms with van der Waals surface area (Å²) in [7, 11) is 0. The molecule has 1 aliphatic rings. The first-order chi connectivity index (χ1) is 8.45. The van der Waals surface area contributed by atoms with E-state index >= 15 is 0 Å². The van der Waals surface area contributed by atoms with Crippen LogP contribution in [0.3, 0.4) is 0 Å². The van der Waals surface area contributed by atoms with Crippen LogP contribution in [0, 0.1) is 0 Å². The fourth-order valence-electron chi connectivity index (χ4n) is 1.87. The first-order valence-electron chi connectivity index (χ1n) is 6.36. The van der Waals surface area contributed by atoms with Gasteiger partial charge in [-0.3, -0.25) is 0 Å². The maximum absolute atomic E-state index is 6.06. The lowest BCUT2D eigenvalue weighted by Crippen LogP contribution is -2.19. The van der Waals surface area contributed by atoms with Crippen LogP contribution in [0.15, 0.2) is 6.07 Å². The van der Waals surface area contributed by atoms with E-state index in [-0.39, 0.29) is 5.41 Å². The highest BCUT2D eigenvalue weighted by molar-refractivity contribution is 8.00. The summed E-state index contributed by atoms with van der Waals surface area (Å²) in [6, 6.07) is 1.80. The highest BCUT2D eigenvalue weighted by atomic mass is 35.5. The standard InChI is InChI=1S/C13H20ClN3S/c1-13(2,3)12-16-10(14)7-11(17-12)15-8-9-5-4-6-18-9/h7,9H,4-6,8H2,1-3H3,(H,15,16,17). The van der Waals surface area contributed by atoms with E-state index in [0.29, 0.717) is 10.4 Å². The lowest BCUT2D eigenvalue weighted by atomic mass is 9.96. The Morgan fingerprint density at radius 2 is 2.22 bits per heavy atom. The first kappa shape index (κ1) is 13.9. The Morgan fingerprint density at radius 1 is 1.44 bits per heavy atom. The van der Waals surface area contributed by atoms with E-state index in [2.05, 4.69) is 36.1 Å². The minimum Gasteiger partial charge on any atom is -0.369 e. The lowest BCUT2D eigenvalue weighted by molar-refractivity contribution is 0.546. The largest absolute Gasteiger partial charge is 0.369 e. The van der Waals surface area contributed by atoms with Crippen molar-refractivity contribution < 1.29 is 0 Å². The summed E-state index contributed by atoms with van der Waals surface area (Å²) in [6.07, 6.45) is 2.62. The molecule has 0 spiro atoms. The van der Waals surface area contributed by atoms with Gasteiger partial charge in [-0.25, -0.2) is 9.97 Å². The number of hydrogen-bond acceptors (Lipinski definition) is 4. The fourth-order valence-corrected chi connectivity index (χ4v) is 3.25. The van der Waals surface area contributed by atoms with Crippen LogP contribution in [0.4, 0.5) is 5.82 Å². The van der Waals surface area contributed by atoms with Crippen LogP contribution in [0.1, 0.15) is 39.4 Å². The Labute approximate surface area is 118 Å². The normalized spacial score (nSPS) is 20.1. The number of rotatable bonds is 3. The van der Waals surface area contributed by atoms with E-state index in [9.17, 15) is 0 Å². The van der Waals surface area contributed by atoms with Crippen molar-refractivity contribution in [2.75, 3.05) is 17.6 Å². The van der Waals surface area contributed by atoms with Crippen LogP contribution < -0.4 is 5.32 Å². The lowest BCUT2D eigenvalue weighted by Gasteiger charge is -2.18. The molecule has 1 atom stereocenters. The molecule has 1 saturated heterocycles. The second kappa shape index (κ2) is 5.66. The fraction of sp³-hybridized carbons (Fsp3) is 0.692. The molecule has 2 heterocycles. The number of hydrogen-bond donors (Lipinski definition) is 1. The molecule has 5 heteroatoms. The molecule has 1 fully saturated rings. The third-order valence-electron chi connectivity index (χ3n) is 2.90. The van der Waals surface area contributed by atoms with Gasteiger partial charge in [-0.05, 0) is 18.6 Å². The predicted octanol–water partition coefficient (Wildman–Crippen LogP) is 3.74. The molecule has 1 N–H and O–H groups in total. The van der Waals surface area contributed by atoms with Crippen molar-refractivity contribution in [1.29, 1.82) is 0 Å². The van der Waals surface area contributed by atoms with Crippen molar-refractivity contribution in [3.8, 4) is 0 Å². The number of nitrogens with zero attached hydrogens (tertiary/aromatic N) is 2. The van der Waals surface area contributed by atoms with Gasteiger partial charge in [0.2, 0.25) is 0 Å². The minimum absolute atomic E-state index is 0.0799. The van der Waals surface area contributed by atoms with E-state index in [1.807, 2.05) is 11.8 Å². The van der Waals surface area contributed by atoms with E-state index in [1.165, 1.54) is 18.6 Å². The Hall–Kier alpha value is -0.480. The summed E-state index contributed by atoms with van der Waals surface area (Å²) in [5.74, 6) is 2.91. The molecule has 2 rings (SSSR count). The second-order valence-electron chi connectivity index (χ2n) is 5.67. The van der Waals surface area contributed by atoms with Crippen molar-refractivity contribution in [2.45, 2.75) is 44.3 Å². The third kappa shape index (κ3) is 3.75. The van der Waals surface area contributed by atoms with Gasteiger partial charge >= 0.3 is 0 Å². The van der Waals surface area contributed by atoms with Gasteiger partial charge < -0.3 is 5.32 Å². The van der Waals surface area contributed by atoms with Crippen LogP contribution in [0.5, 0.6) is 0 Å². The van der Waals surface area contributed by atoms with Crippen molar-refractivity contribution in [2.24, 2.45) is 0 Å². The monoisotopic (exact) mass is 285 g/mol. The maximum atomic E-state index is 6.06. The molecule has 1 aromatic rings. The zero-order valence-electron chi connectivity index (χ0n) is 11.2. The number of halogens is 1. The average molecular weight is 286 g/mol. The van der Waals surface area contributed by atoms with E-state index in [4.69, 9.17) is 11.6 Å². The van der Waals surface area contributed by atoms with E-state index in [1.54, 1.807) is 6.07 Å². The topological polar surface area (TPSA) is 37.8 Å². The van der Waals surface area contributed by atoms with Gasteiger partial charge in [-0.2, -0.15) is 11.8 Å². The SMILES string of the molecule is CC(C)(C)c1nc(Cl)cc(NCC2CCCS2)n1.